The van der Waals surface area contributed by atoms with Crippen molar-refractivity contribution in [3.05, 3.63) is 35.4 Å². The maximum absolute atomic E-state index is 4.83. The third-order valence-electron chi connectivity index (χ3n) is 4.55. The van der Waals surface area contributed by atoms with Gasteiger partial charge in [-0.3, -0.25) is 9.89 Å². The Balaban J connectivity index is 1.97. The first-order chi connectivity index (χ1) is 11.6. The molecule has 0 saturated carbocycles. The molecular formula is C19H32N4S. The zero-order valence-corrected chi connectivity index (χ0v) is 16.4. The number of thioether (sulfide) groups is 1. The summed E-state index contributed by atoms with van der Waals surface area (Å²) in [5.41, 5.74) is 3.01. The molecule has 0 spiro atoms. The fourth-order valence-corrected chi connectivity index (χ4v) is 3.30. The Morgan fingerprint density at radius 1 is 1.25 bits per heavy atom. The van der Waals surface area contributed by atoms with Crippen molar-refractivity contribution in [1.29, 1.82) is 0 Å². The highest BCUT2D eigenvalue weighted by molar-refractivity contribution is 7.98. The van der Waals surface area contributed by atoms with Crippen LogP contribution in [0.5, 0.6) is 0 Å². The summed E-state index contributed by atoms with van der Waals surface area (Å²) in [5, 5.41) is 6.76. The van der Waals surface area contributed by atoms with Crippen LogP contribution in [0.25, 0.3) is 0 Å². The van der Waals surface area contributed by atoms with Gasteiger partial charge in [-0.1, -0.05) is 24.3 Å². The lowest BCUT2D eigenvalue weighted by Gasteiger charge is -2.40. The number of nitrogens with one attached hydrogen (secondary N) is 2. The molecule has 2 rings (SSSR count). The summed E-state index contributed by atoms with van der Waals surface area (Å²) in [4.78, 5) is 7.39. The standard InChI is InChI=1S/C19H32N4S/c1-5-20-18(21-11-13-24-4)22-15-19(2,3)23-12-10-16-8-6-7-9-17(16)14-23/h6-9H,5,10-15H2,1-4H3,(H2,20,21,22). The predicted octanol–water partition coefficient (Wildman–Crippen LogP) is 2.74. The number of hydrogen-bond donors (Lipinski definition) is 2. The number of aliphatic imine (C=N–C) groups is 1. The van der Waals surface area contributed by atoms with Crippen LogP contribution in [0, 0.1) is 0 Å². The van der Waals surface area contributed by atoms with E-state index in [2.05, 4.69) is 66.8 Å². The summed E-state index contributed by atoms with van der Waals surface area (Å²) in [5.74, 6) is 2.02. The number of nitrogens with zero attached hydrogens (tertiary/aromatic N) is 2. The van der Waals surface area contributed by atoms with Crippen LogP contribution in [0.3, 0.4) is 0 Å². The third kappa shape index (κ3) is 5.42. The second-order valence-corrected chi connectivity index (χ2v) is 7.85. The molecule has 1 aromatic rings. The Bertz CT molecular complexity index is 542. The number of benzene rings is 1. The molecule has 24 heavy (non-hydrogen) atoms. The molecule has 0 fully saturated rings. The monoisotopic (exact) mass is 348 g/mol. The molecule has 1 aromatic carbocycles. The lowest BCUT2D eigenvalue weighted by atomic mass is 9.94. The van der Waals surface area contributed by atoms with Gasteiger partial charge in [-0.2, -0.15) is 11.8 Å². The van der Waals surface area contributed by atoms with Crippen LogP contribution in [-0.2, 0) is 13.0 Å². The van der Waals surface area contributed by atoms with Crippen molar-refractivity contribution in [2.24, 2.45) is 4.99 Å². The fourth-order valence-electron chi connectivity index (χ4n) is 3.00. The van der Waals surface area contributed by atoms with Crippen molar-refractivity contribution < 1.29 is 0 Å². The van der Waals surface area contributed by atoms with Crippen LogP contribution in [-0.4, -0.2) is 54.6 Å². The Morgan fingerprint density at radius 3 is 2.71 bits per heavy atom. The van der Waals surface area contributed by atoms with E-state index in [4.69, 9.17) is 4.99 Å². The highest BCUT2D eigenvalue weighted by atomic mass is 32.2. The van der Waals surface area contributed by atoms with Crippen LogP contribution in [0.2, 0.25) is 0 Å². The van der Waals surface area contributed by atoms with Gasteiger partial charge in [0.2, 0.25) is 0 Å². The Morgan fingerprint density at radius 2 is 2.00 bits per heavy atom. The molecule has 1 heterocycles. The second kappa shape index (κ2) is 9.33. The normalized spacial score (nSPS) is 15.9. The van der Waals surface area contributed by atoms with E-state index in [1.807, 2.05) is 11.8 Å². The quantitative estimate of drug-likeness (QED) is 0.452. The molecule has 0 saturated heterocycles. The minimum Gasteiger partial charge on any atom is -0.357 e. The van der Waals surface area contributed by atoms with E-state index in [1.54, 1.807) is 0 Å². The lowest BCUT2D eigenvalue weighted by molar-refractivity contribution is 0.112. The van der Waals surface area contributed by atoms with Crippen molar-refractivity contribution in [3.8, 4) is 0 Å². The van der Waals surface area contributed by atoms with Crippen LogP contribution in [0.4, 0.5) is 0 Å². The van der Waals surface area contributed by atoms with Crippen molar-refractivity contribution in [2.45, 2.75) is 39.3 Å². The molecule has 5 heteroatoms. The molecular weight excluding hydrogens is 316 g/mol. The number of rotatable bonds is 7. The minimum atomic E-state index is 0.0510. The van der Waals surface area contributed by atoms with Gasteiger partial charge in [-0.25, -0.2) is 0 Å². The van der Waals surface area contributed by atoms with E-state index >= 15 is 0 Å². The van der Waals surface area contributed by atoms with Gasteiger partial charge in [-0.05, 0) is 44.6 Å². The highest BCUT2D eigenvalue weighted by Crippen LogP contribution is 2.25. The van der Waals surface area contributed by atoms with E-state index in [1.165, 1.54) is 11.1 Å². The molecule has 2 N–H and O–H groups in total. The van der Waals surface area contributed by atoms with Crippen molar-refractivity contribution in [3.63, 3.8) is 0 Å². The minimum absolute atomic E-state index is 0.0510. The first-order valence-corrected chi connectivity index (χ1v) is 10.3. The molecule has 0 bridgehead atoms. The Kier molecular flexibility index (Phi) is 7.43. The summed E-state index contributed by atoms with van der Waals surface area (Å²) in [6.07, 6.45) is 3.26. The molecule has 4 nitrogen and oxygen atoms in total. The Hall–Kier alpha value is -1.20. The van der Waals surface area contributed by atoms with Gasteiger partial charge < -0.3 is 10.6 Å². The third-order valence-corrected chi connectivity index (χ3v) is 5.17. The first kappa shape index (κ1) is 19.1. The van der Waals surface area contributed by atoms with E-state index < -0.39 is 0 Å². The average molecular weight is 349 g/mol. The molecule has 0 unspecified atom stereocenters. The van der Waals surface area contributed by atoms with Crippen LogP contribution in [0.15, 0.2) is 29.3 Å². The number of guanidine groups is 1. The first-order valence-electron chi connectivity index (χ1n) is 8.90. The maximum Gasteiger partial charge on any atom is 0.191 e. The van der Waals surface area contributed by atoms with Gasteiger partial charge in [0.1, 0.15) is 0 Å². The van der Waals surface area contributed by atoms with Crippen molar-refractivity contribution >= 4 is 17.7 Å². The molecule has 0 amide bonds. The van der Waals surface area contributed by atoms with Crippen LogP contribution < -0.4 is 10.6 Å². The number of hydrogen-bond acceptors (Lipinski definition) is 3. The zero-order chi connectivity index (χ0) is 17.4. The topological polar surface area (TPSA) is 39.7 Å². The van der Waals surface area contributed by atoms with Crippen LogP contribution in [0.1, 0.15) is 31.9 Å². The second-order valence-electron chi connectivity index (χ2n) is 6.87. The Labute approximate surface area is 151 Å². The molecule has 1 aliphatic rings. The van der Waals surface area contributed by atoms with Gasteiger partial charge >= 0.3 is 0 Å². The maximum atomic E-state index is 4.83. The zero-order valence-electron chi connectivity index (χ0n) is 15.6. The van der Waals surface area contributed by atoms with Crippen molar-refractivity contribution in [2.75, 3.05) is 38.2 Å². The largest absolute Gasteiger partial charge is 0.357 e. The van der Waals surface area contributed by atoms with Gasteiger partial charge in [-0.15, -0.1) is 0 Å². The molecule has 0 aromatic heterocycles. The molecule has 0 radical (unpaired) electrons. The van der Waals surface area contributed by atoms with Gasteiger partial charge in [0.05, 0.1) is 6.54 Å². The summed E-state index contributed by atoms with van der Waals surface area (Å²) in [6.45, 7) is 11.5. The summed E-state index contributed by atoms with van der Waals surface area (Å²) in [7, 11) is 0. The molecule has 0 aliphatic carbocycles. The molecule has 0 atom stereocenters. The summed E-state index contributed by atoms with van der Waals surface area (Å²) >= 11 is 1.85. The smallest absolute Gasteiger partial charge is 0.191 e. The number of fused-ring (bicyclic) bond motifs is 1. The lowest BCUT2D eigenvalue weighted by Crippen LogP contribution is -2.49. The molecule has 134 valence electrons. The summed E-state index contributed by atoms with van der Waals surface area (Å²) in [6, 6.07) is 8.81. The van der Waals surface area contributed by atoms with E-state index in [-0.39, 0.29) is 5.54 Å². The molecule has 1 aliphatic heterocycles. The summed E-state index contributed by atoms with van der Waals surface area (Å²) < 4.78 is 0. The SMILES string of the molecule is CCNC(=NCC(C)(C)N1CCc2ccccc2C1)NCCSC. The van der Waals surface area contributed by atoms with E-state index in [0.717, 1.165) is 50.9 Å². The van der Waals surface area contributed by atoms with Gasteiger partial charge in [0.15, 0.2) is 5.96 Å². The fraction of sp³-hybridized carbons (Fsp3) is 0.632. The van der Waals surface area contributed by atoms with Gasteiger partial charge in [0.25, 0.3) is 0 Å². The van der Waals surface area contributed by atoms with Crippen LogP contribution >= 0.6 is 11.8 Å². The average Bonchev–Trinajstić information content (AvgIpc) is 2.59. The van der Waals surface area contributed by atoms with E-state index in [0.29, 0.717) is 0 Å². The highest BCUT2D eigenvalue weighted by Gasteiger charge is 2.29. The van der Waals surface area contributed by atoms with E-state index in [9.17, 15) is 0 Å². The van der Waals surface area contributed by atoms with Gasteiger partial charge in [0, 0.05) is 37.5 Å². The van der Waals surface area contributed by atoms with Crippen molar-refractivity contribution in [1.82, 2.24) is 15.5 Å². The predicted molar refractivity (Wildman–Crippen MR) is 107 cm³/mol.